The van der Waals surface area contributed by atoms with Crippen molar-refractivity contribution in [3.8, 4) is 5.75 Å². The van der Waals surface area contributed by atoms with Crippen molar-refractivity contribution in [2.24, 2.45) is 5.41 Å². The van der Waals surface area contributed by atoms with Crippen LogP contribution in [0.4, 0.5) is 0 Å². The second kappa shape index (κ2) is 3.47. The number of rotatable bonds is 0. The molecule has 0 radical (unpaired) electrons. The Morgan fingerprint density at radius 1 is 1.16 bits per heavy atom. The number of hydrogen-bond donors (Lipinski definition) is 1. The largest absolute Gasteiger partial charge is 0.508 e. The first-order valence-corrected chi connectivity index (χ1v) is 6.18. The van der Waals surface area contributed by atoms with E-state index < -0.39 is 17.0 Å². The summed E-state index contributed by atoms with van der Waals surface area (Å²) in [5, 5.41) is 9.47. The van der Waals surface area contributed by atoms with Crippen LogP contribution in [0.1, 0.15) is 36.7 Å². The second-order valence-electron chi connectivity index (χ2n) is 5.57. The molecule has 0 saturated heterocycles. The third-order valence-corrected chi connectivity index (χ3v) is 4.11. The summed E-state index contributed by atoms with van der Waals surface area (Å²) < 4.78 is 5.79. The highest BCUT2D eigenvalue weighted by Gasteiger charge is 2.49. The van der Waals surface area contributed by atoms with Gasteiger partial charge in [-0.2, -0.15) is 0 Å². The molecule has 0 aromatic heterocycles. The molecule has 4 nitrogen and oxygen atoms in total. The van der Waals surface area contributed by atoms with Crippen LogP contribution in [0, 0.1) is 5.41 Å². The normalized spacial score (nSPS) is 24.1. The minimum absolute atomic E-state index is 0.0331. The average Bonchev–Trinajstić information content (AvgIpc) is 2.58. The standard InChI is InChI=1S/C15H14O4/c1-7-15(2,3)11-13(18)12(17)10-6-8(16)4-5-9(10)14(11)19-7/h4-7,16H,1-3H3/t7-/m1/s1. The number of hydrogen-bond acceptors (Lipinski definition) is 4. The number of carbonyl (C=O) groups excluding carboxylic acids is 2. The predicted octanol–water partition coefficient (Wildman–Crippen LogP) is 2.31. The zero-order chi connectivity index (χ0) is 13.9. The van der Waals surface area contributed by atoms with Gasteiger partial charge in [-0.05, 0) is 25.1 Å². The molecule has 0 amide bonds. The smallest absolute Gasteiger partial charge is 0.234 e. The fourth-order valence-electron chi connectivity index (χ4n) is 2.63. The van der Waals surface area contributed by atoms with Gasteiger partial charge >= 0.3 is 0 Å². The lowest BCUT2D eigenvalue weighted by molar-refractivity contribution is -0.112. The molecule has 19 heavy (non-hydrogen) atoms. The number of ketones is 2. The van der Waals surface area contributed by atoms with Crippen molar-refractivity contribution >= 4 is 17.3 Å². The summed E-state index contributed by atoms with van der Waals surface area (Å²) in [5.41, 5.74) is 0.768. The summed E-state index contributed by atoms with van der Waals surface area (Å²) in [6.07, 6.45) is -0.172. The Balaban J connectivity index is 2.32. The number of Topliss-reactive ketones (excluding diaryl/α,β-unsaturated/α-hetero) is 2. The number of benzene rings is 1. The average molecular weight is 258 g/mol. The monoisotopic (exact) mass is 258 g/mol. The molecule has 1 aromatic rings. The number of aromatic hydroxyl groups is 1. The van der Waals surface area contributed by atoms with E-state index in [2.05, 4.69) is 0 Å². The van der Waals surface area contributed by atoms with Gasteiger partial charge in [-0.3, -0.25) is 9.59 Å². The SMILES string of the molecule is C[C@H]1OC2=C(C(=O)C(=O)c3cc(O)ccc32)C1(C)C. The van der Waals surface area contributed by atoms with Crippen molar-refractivity contribution in [2.75, 3.05) is 0 Å². The first kappa shape index (κ1) is 12.0. The van der Waals surface area contributed by atoms with Gasteiger partial charge in [0.2, 0.25) is 11.6 Å². The Labute approximate surface area is 110 Å². The molecule has 0 fully saturated rings. The summed E-state index contributed by atoms with van der Waals surface area (Å²) >= 11 is 0. The lowest BCUT2D eigenvalue weighted by Gasteiger charge is -2.24. The summed E-state index contributed by atoms with van der Waals surface area (Å²) in [7, 11) is 0. The van der Waals surface area contributed by atoms with Gasteiger partial charge in [0.1, 0.15) is 17.6 Å². The van der Waals surface area contributed by atoms with Crippen molar-refractivity contribution < 1.29 is 19.4 Å². The van der Waals surface area contributed by atoms with E-state index in [1.165, 1.54) is 12.1 Å². The van der Waals surface area contributed by atoms with Crippen LogP contribution in [0.5, 0.6) is 5.75 Å². The molecule has 98 valence electrons. The van der Waals surface area contributed by atoms with Gasteiger partial charge in [-0.15, -0.1) is 0 Å². The topological polar surface area (TPSA) is 63.6 Å². The molecule has 1 N–H and O–H groups in total. The second-order valence-corrected chi connectivity index (χ2v) is 5.57. The van der Waals surface area contributed by atoms with Crippen molar-refractivity contribution in [1.82, 2.24) is 0 Å². The van der Waals surface area contributed by atoms with Crippen LogP contribution >= 0.6 is 0 Å². The number of fused-ring (bicyclic) bond motifs is 2. The zero-order valence-corrected chi connectivity index (χ0v) is 11.0. The summed E-state index contributed by atoms with van der Waals surface area (Å²) in [6.45, 7) is 5.68. The summed E-state index contributed by atoms with van der Waals surface area (Å²) in [6, 6.07) is 4.43. The molecular weight excluding hydrogens is 244 g/mol. The van der Waals surface area contributed by atoms with E-state index >= 15 is 0 Å². The minimum Gasteiger partial charge on any atom is -0.508 e. The number of carbonyl (C=O) groups is 2. The van der Waals surface area contributed by atoms with Crippen LogP contribution in [0.3, 0.4) is 0 Å². The maximum absolute atomic E-state index is 12.3. The van der Waals surface area contributed by atoms with Crippen molar-refractivity contribution in [2.45, 2.75) is 26.9 Å². The first-order chi connectivity index (χ1) is 8.84. The van der Waals surface area contributed by atoms with Crippen LogP contribution in [-0.4, -0.2) is 22.8 Å². The Morgan fingerprint density at radius 3 is 2.53 bits per heavy atom. The highest BCUT2D eigenvalue weighted by atomic mass is 16.5. The molecule has 1 heterocycles. The maximum Gasteiger partial charge on any atom is 0.234 e. The van der Waals surface area contributed by atoms with Gasteiger partial charge in [0.15, 0.2) is 0 Å². The molecule has 1 aliphatic carbocycles. The third-order valence-electron chi connectivity index (χ3n) is 4.11. The van der Waals surface area contributed by atoms with Gasteiger partial charge in [-0.1, -0.05) is 13.8 Å². The Kier molecular flexibility index (Phi) is 2.18. The highest BCUT2D eigenvalue weighted by Crippen LogP contribution is 2.49. The number of phenolic OH excluding ortho intramolecular Hbond substituents is 1. The maximum atomic E-state index is 12.3. The molecule has 2 aliphatic rings. The molecule has 3 rings (SSSR count). The lowest BCUT2D eigenvalue weighted by Crippen LogP contribution is -2.32. The minimum atomic E-state index is -0.574. The molecule has 1 aliphatic heterocycles. The van der Waals surface area contributed by atoms with E-state index in [0.29, 0.717) is 16.9 Å². The Hall–Kier alpha value is -2.10. The van der Waals surface area contributed by atoms with Crippen LogP contribution < -0.4 is 0 Å². The predicted molar refractivity (Wildman–Crippen MR) is 68.7 cm³/mol. The van der Waals surface area contributed by atoms with Crippen LogP contribution in [0.25, 0.3) is 5.76 Å². The van der Waals surface area contributed by atoms with Crippen LogP contribution in [0.2, 0.25) is 0 Å². The van der Waals surface area contributed by atoms with Crippen molar-refractivity contribution in [3.05, 3.63) is 34.9 Å². The molecule has 1 atom stereocenters. The van der Waals surface area contributed by atoms with Gasteiger partial charge in [0.05, 0.1) is 5.57 Å². The Bertz CT molecular complexity index is 652. The van der Waals surface area contributed by atoms with Crippen LogP contribution in [-0.2, 0) is 9.53 Å². The molecule has 0 bridgehead atoms. The van der Waals surface area contributed by atoms with E-state index in [9.17, 15) is 14.7 Å². The molecule has 0 saturated carbocycles. The fraction of sp³-hybridized carbons (Fsp3) is 0.333. The first-order valence-electron chi connectivity index (χ1n) is 6.18. The van der Waals surface area contributed by atoms with E-state index in [-0.39, 0.29) is 17.4 Å². The summed E-state index contributed by atoms with van der Waals surface area (Å²) in [5.74, 6) is -0.649. The number of phenols is 1. The zero-order valence-electron chi connectivity index (χ0n) is 11.0. The molecule has 1 aromatic carbocycles. The van der Waals surface area contributed by atoms with Gasteiger partial charge < -0.3 is 9.84 Å². The van der Waals surface area contributed by atoms with Gasteiger partial charge in [0.25, 0.3) is 0 Å². The van der Waals surface area contributed by atoms with Crippen molar-refractivity contribution in [1.29, 1.82) is 0 Å². The Morgan fingerprint density at radius 2 is 1.84 bits per heavy atom. The van der Waals surface area contributed by atoms with Gasteiger partial charge in [0, 0.05) is 16.5 Å². The van der Waals surface area contributed by atoms with E-state index in [1.807, 2.05) is 20.8 Å². The molecule has 0 unspecified atom stereocenters. The van der Waals surface area contributed by atoms with Crippen molar-refractivity contribution in [3.63, 3.8) is 0 Å². The molecule has 0 spiro atoms. The number of ether oxygens (including phenoxy) is 1. The molecular formula is C15H14O4. The van der Waals surface area contributed by atoms with E-state index in [4.69, 9.17) is 4.74 Å². The quantitative estimate of drug-likeness (QED) is 0.725. The van der Waals surface area contributed by atoms with E-state index in [1.54, 1.807) is 6.07 Å². The summed E-state index contributed by atoms with van der Waals surface area (Å²) in [4.78, 5) is 24.4. The molecule has 4 heteroatoms. The highest BCUT2D eigenvalue weighted by molar-refractivity contribution is 6.52. The third kappa shape index (κ3) is 1.40. The lowest BCUT2D eigenvalue weighted by atomic mass is 9.74. The van der Waals surface area contributed by atoms with Crippen LogP contribution in [0.15, 0.2) is 23.8 Å². The fourth-order valence-corrected chi connectivity index (χ4v) is 2.63. The van der Waals surface area contributed by atoms with Gasteiger partial charge in [-0.25, -0.2) is 0 Å². The van der Waals surface area contributed by atoms with E-state index in [0.717, 1.165) is 0 Å².